The van der Waals surface area contributed by atoms with Gasteiger partial charge in [0.25, 0.3) is 5.91 Å². The number of halogens is 1. The van der Waals surface area contributed by atoms with Gasteiger partial charge in [-0.15, -0.1) is 0 Å². The van der Waals surface area contributed by atoms with E-state index in [1.165, 1.54) is 0 Å². The number of rotatable bonds is 3. The fourth-order valence-corrected chi connectivity index (χ4v) is 4.46. The predicted octanol–water partition coefficient (Wildman–Crippen LogP) is 3.45. The van der Waals surface area contributed by atoms with Crippen LogP contribution in [0, 0.1) is 16.7 Å². The van der Waals surface area contributed by atoms with E-state index in [-0.39, 0.29) is 22.8 Å². The molecule has 2 aromatic rings. The summed E-state index contributed by atoms with van der Waals surface area (Å²) in [5, 5.41) is 13.8. The molecule has 0 radical (unpaired) electrons. The summed E-state index contributed by atoms with van der Waals surface area (Å²) >= 11 is 6.08. The van der Waals surface area contributed by atoms with Crippen molar-refractivity contribution in [3.63, 3.8) is 0 Å². The molecule has 2 saturated carbocycles. The summed E-state index contributed by atoms with van der Waals surface area (Å²) in [6, 6.07) is 9.19. The third-order valence-corrected chi connectivity index (χ3v) is 5.72. The van der Waals surface area contributed by atoms with Crippen LogP contribution in [0.2, 0.25) is 5.15 Å². The topological polar surface area (TPSA) is 75.0 Å². The molecule has 0 saturated heterocycles. The number of ether oxygens (including phenoxy) is 1. The summed E-state index contributed by atoms with van der Waals surface area (Å²) in [5.41, 5.74) is 1.12. The van der Waals surface area contributed by atoms with Crippen molar-refractivity contribution >= 4 is 28.3 Å². The highest BCUT2D eigenvalue weighted by Crippen LogP contribution is 2.56. The molecule has 5 nitrogen and oxygen atoms in total. The average molecular weight is 356 g/mol. The summed E-state index contributed by atoms with van der Waals surface area (Å²) in [6.07, 6.45) is 4.51. The van der Waals surface area contributed by atoms with Crippen LogP contribution in [0.5, 0.6) is 0 Å². The second-order valence-corrected chi connectivity index (χ2v) is 7.54. The van der Waals surface area contributed by atoms with Crippen molar-refractivity contribution in [1.82, 2.24) is 10.3 Å². The number of nitrogens with one attached hydrogen (secondary N) is 1. The zero-order chi connectivity index (χ0) is 17.6. The first-order valence-corrected chi connectivity index (χ1v) is 8.74. The molecular weight excluding hydrogens is 338 g/mol. The number of hydrogen-bond donors (Lipinski definition) is 1. The number of nitrogens with zero attached hydrogens (tertiary/aromatic N) is 2. The van der Waals surface area contributed by atoms with Crippen molar-refractivity contribution in [2.24, 2.45) is 5.41 Å². The number of pyridine rings is 1. The minimum Gasteiger partial charge on any atom is -0.381 e. The molecule has 1 N–H and O–H groups in total. The highest BCUT2D eigenvalue weighted by atomic mass is 35.5. The Morgan fingerprint density at radius 3 is 2.80 bits per heavy atom. The van der Waals surface area contributed by atoms with Gasteiger partial charge in [-0.25, -0.2) is 4.98 Å². The normalized spacial score (nSPS) is 27.4. The minimum absolute atomic E-state index is 0.167. The van der Waals surface area contributed by atoms with Gasteiger partial charge in [0.1, 0.15) is 10.8 Å². The Morgan fingerprint density at radius 1 is 1.36 bits per heavy atom. The van der Waals surface area contributed by atoms with Gasteiger partial charge in [0.05, 0.1) is 17.7 Å². The number of hydrogen-bond acceptors (Lipinski definition) is 4. The van der Waals surface area contributed by atoms with Gasteiger partial charge in [0, 0.05) is 23.9 Å². The number of aromatic nitrogens is 1. The van der Waals surface area contributed by atoms with Crippen LogP contribution in [0.4, 0.5) is 0 Å². The fourth-order valence-electron chi connectivity index (χ4n) is 4.26. The second-order valence-electron chi connectivity index (χ2n) is 7.15. The number of benzene rings is 1. The molecule has 1 amide bonds. The lowest BCUT2D eigenvalue weighted by Gasteiger charge is -2.57. The number of carbonyl (C=O) groups is 1. The van der Waals surface area contributed by atoms with E-state index >= 15 is 0 Å². The maximum absolute atomic E-state index is 12.7. The Morgan fingerprint density at radius 2 is 2.12 bits per heavy atom. The smallest absolute Gasteiger partial charge is 0.270 e. The van der Waals surface area contributed by atoms with E-state index in [9.17, 15) is 10.1 Å². The highest BCUT2D eigenvalue weighted by Gasteiger charge is 2.53. The molecule has 25 heavy (non-hydrogen) atoms. The lowest BCUT2D eigenvalue weighted by molar-refractivity contribution is -0.112. The Labute approximate surface area is 150 Å². The quantitative estimate of drug-likeness (QED) is 0.856. The Balaban J connectivity index is 1.53. The van der Waals surface area contributed by atoms with Crippen LogP contribution >= 0.6 is 11.6 Å². The van der Waals surface area contributed by atoms with Crippen LogP contribution in [0.15, 0.2) is 24.3 Å². The van der Waals surface area contributed by atoms with E-state index in [4.69, 9.17) is 16.3 Å². The first-order valence-electron chi connectivity index (χ1n) is 8.37. The largest absolute Gasteiger partial charge is 0.381 e. The van der Waals surface area contributed by atoms with Crippen LogP contribution in [-0.4, -0.2) is 30.1 Å². The molecule has 0 unspecified atom stereocenters. The standard InChI is InChI=1S/C19H18ClN3O2/c1-25-13-8-19(9-13)6-12(7-19)22-18(24)17-14-4-2-3-11(10-21)15(14)5-16(20)23-17/h2-5,12-13H,6-9H2,1H3,(H,22,24). The van der Waals surface area contributed by atoms with E-state index in [0.717, 1.165) is 25.7 Å². The van der Waals surface area contributed by atoms with Gasteiger partial charge in [-0.2, -0.15) is 5.26 Å². The maximum Gasteiger partial charge on any atom is 0.270 e. The summed E-state index contributed by atoms with van der Waals surface area (Å²) in [5.74, 6) is -0.231. The molecule has 2 fully saturated rings. The van der Waals surface area contributed by atoms with Crippen molar-refractivity contribution in [2.75, 3.05) is 7.11 Å². The van der Waals surface area contributed by atoms with E-state index < -0.39 is 0 Å². The van der Waals surface area contributed by atoms with Crippen LogP contribution in [0.1, 0.15) is 41.7 Å². The van der Waals surface area contributed by atoms with Crippen LogP contribution < -0.4 is 5.32 Å². The molecule has 0 atom stereocenters. The van der Waals surface area contributed by atoms with Crippen molar-refractivity contribution in [3.8, 4) is 6.07 Å². The number of nitriles is 1. The van der Waals surface area contributed by atoms with Gasteiger partial charge in [-0.05, 0) is 43.2 Å². The summed E-state index contributed by atoms with van der Waals surface area (Å²) in [7, 11) is 1.75. The van der Waals surface area contributed by atoms with Crippen molar-refractivity contribution in [2.45, 2.75) is 37.8 Å². The molecule has 2 aliphatic carbocycles. The number of amides is 1. The zero-order valence-corrected chi connectivity index (χ0v) is 14.6. The van der Waals surface area contributed by atoms with Gasteiger partial charge >= 0.3 is 0 Å². The summed E-state index contributed by atoms with van der Waals surface area (Å²) < 4.78 is 5.35. The molecule has 1 aromatic carbocycles. The molecule has 0 aliphatic heterocycles. The van der Waals surface area contributed by atoms with E-state index in [0.29, 0.717) is 27.9 Å². The van der Waals surface area contributed by atoms with Gasteiger partial charge in [-0.3, -0.25) is 4.79 Å². The van der Waals surface area contributed by atoms with Crippen LogP contribution in [0.3, 0.4) is 0 Å². The molecule has 2 aliphatic rings. The Bertz CT molecular complexity index is 891. The second kappa shape index (κ2) is 5.98. The van der Waals surface area contributed by atoms with E-state index in [1.54, 1.807) is 31.4 Å². The summed E-state index contributed by atoms with van der Waals surface area (Å²) in [4.78, 5) is 16.9. The van der Waals surface area contributed by atoms with E-state index in [1.807, 2.05) is 0 Å². The lowest BCUT2D eigenvalue weighted by atomic mass is 9.53. The molecule has 128 valence electrons. The molecular formula is C19H18ClN3O2. The average Bonchev–Trinajstić information content (AvgIpc) is 2.54. The molecule has 4 rings (SSSR count). The summed E-state index contributed by atoms with van der Waals surface area (Å²) in [6.45, 7) is 0. The molecule has 1 aromatic heterocycles. The van der Waals surface area contributed by atoms with Gasteiger partial charge < -0.3 is 10.1 Å². The lowest BCUT2D eigenvalue weighted by Crippen LogP contribution is -2.58. The van der Waals surface area contributed by atoms with E-state index in [2.05, 4.69) is 16.4 Å². The highest BCUT2D eigenvalue weighted by molar-refractivity contribution is 6.30. The molecule has 1 spiro atoms. The van der Waals surface area contributed by atoms with Crippen LogP contribution in [0.25, 0.3) is 10.8 Å². The fraction of sp³-hybridized carbons (Fsp3) is 0.421. The monoisotopic (exact) mass is 355 g/mol. The molecule has 6 heteroatoms. The van der Waals surface area contributed by atoms with Crippen molar-refractivity contribution in [3.05, 3.63) is 40.7 Å². The Kier molecular flexibility index (Phi) is 3.90. The van der Waals surface area contributed by atoms with Crippen molar-refractivity contribution in [1.29, 1.82) is 5.26 Å². The molecule has 0 bridgehead atoms. The SMILES string of the molecule is COC1CC2(CC(NC(=O)c3nc(Cl)cc4c(C#N)cccc34)C2)C1. The van der Waals surface area contributed by atoms with Gasteiger partial charge in [0.15, 0.2) is 0 Å². The maximum atomic E-state index is 12.7. The third kappa shape index (κ3) is 2.76. The van der Waals surface area contributed by atoms with Gasteiger partial charge in [0.2, 0.25) is 0 Å². The Hall–Kier alpha value is -2.16. The first-order chi connectivity index (χ1) is 12.0. The minimum atomic E-state index is -0.231. The van der Waals surface area contributed by atoms with Gasteiger partial charge in [-0.1, -0.05) is 23.7 Å². The third-order valence-electron chi connectivity index (χ3n) is 5.53. The first kappa shape index (κ1) is 16.3. The number of methoxy groups -OCH3 is 1. The number of fused-ring (bicyclic) bond motifs is 1. The predicted molar refractivity (Wildman–Crippen MR) is 94.4 cm³/mol. The number of carbonyl (C=O) groups excluding carboxylic acids is 1. The zero-order valence-electron chi connectivity index (χ0n) is 13.9. The molecule has 1 heterocycles. The van der Waals surface area contributed by atoms with Crippen LogP contribution in [-0.2, 0) is 4.74 Å². The van der Waals surface area contributed by atoms with Crippen molar-refractivity contribution < 1.29 is 9.53 Å².